The lowest BCUT2D eigenvalue weighted by Gasteiger charge is -2.34. The number of likely N-dealkylation sites (tertiary alicyclic amines) is 1. The molecule has 9 heteroatoms. The molecule has 2 N–H and O–H groups in total. The zero-order valence-electron chi connectivity index (χ0n) is 16.6. The summed E-state index contributed by atoms with van der Waals surface area (Å²) in [5.41, 5.74) is 1.39. The minimum Gasteiger partial charge on any atom is -0.475 e. The summed E-state index contributed by atoms with van der Waals surface area (Å²) in [4.78, 5) is 23.6. The van der Waals surface area contributed by atoms with Crippen LogP contribution in [-0.2, 0) is 20.7 Å². The van der Waals surface area contributed by atoms with E-state index in [2.05, 4.69) is 40.5 Å². The van der Waals surface area contributed by atoms with Crippen LogP contribution in [-0.4, -0.2) is 65.9 Å². The van der Waals surface area contributed by atoms with E-state index in [1.165, 1.54) is 5.56 Å². The van der Waals surface area contributed by atoms with E-state index in [0.717, 1.165) is 51.7 Å². The maximum absolute atomic E-state index is 12.2. The van der Waals surface area contributed by atoms with Gasteiger partial charge in [-0.05, 0) is 50.1 Å². The second-order valence-corrected chi connectivity index (χ2v) is 8.07. The minimum atomic E-state index is -5.08. The number of aliphatic carboxylic acids is 1. The number of rotatable bonds is 5. The van der Waals surface area contributed by atoms with Gasteiger partial charge in [-0.3, -0.25) is 4.79 Å². The molecule has 6 nitrogen and oxygen atoms in total. The average Bonchev–Trinajstić information content (AvgIpc) is 3.41. The number of piperidine rings is 1. The van der Waals surface area contributed by atoms with E-state index in [1.54, 1.807) is 0 Å². The number of benzene rings is 1. The van der Waals surface area contributed by atoms with Gasteiger partial charge in [-0.15, -0.1) is 0 Å². The maximum Gasteiger partial charge on any atom is 0.490 e. The third-order valence-electron chi connectivity index (χ3n) is 5.65. The Morgan fingerprint density at radius 3 is 2.43 bits per heavy atom. The summed E-state index contributed by atoms with van der Waals surface area (Å²) in [7, 11) is 0. The van der Waals surface area contributed by atoms with Crippen LogP contribution in [0.1, 0.15) is 31.2 Å². The number of carboxylic acids is 1. The molecule has 0 bridgehead atoms. The van der Waals surface area contributed by atoms with Crippen molar-refractivity contribution in [1.29, 1.82) is 0 Å². The predicted molar refractivity (Wildman–Crippen MR) is 103 cm³/mol. The minimum absolute atomic E-state index is 0.123. The van der Waals surface area contributed by atoms with Crippen LogP contribution in [0.3, 0.4) is 0 Å². The number of alkyl halides is 3. The molecule has 3 aliphatic rings. The lowest BCUT2D eigenvalue weighted by Crippen LogP contribution is -2.43. The molecule has 0 spiro atoms. The van der Waals surface area contributed by atoms with E-state index in [1.807, 2.05) is 0 Å². The van der Waals surface area contributed by atoms with Crippen LogP contribution in [0.2, 0.25) is 0 Å². The molecule has 3 fully saturated rings. The Kier molecular flexibility index (Phi) is 7.36. The number of fused-ring (bicyclic) bond motifs is 1. The largest absolute Gasteiger partial charge is 0.490 e. The summed E-state index contributed by atoms with van der Waals surface area (Å²) >= 11 is 0. The van der Waals surface area contributed by atoms with E-state index < -0.39 is 12.1 Å². The van der Waals surface area contributed by atoms with Crippen molar-refractivity contribution in [3.63, 3.8) is 0 Å². The average molecular weight is 428 g/mol. The molecule has 1 amide bonds. The number of nitrogens with one attached hydrogen (secondary N) is 1. The molecular formula is C21H27F3N2O4. The van der Waals surface area contributed by atoms with E-state index in [9.17, 15) is 18.0 Å². The number of nitrogens with zero attached hydrogens (tertiary/aromatic N) is 1. The summed E-state index contributed by atoms with van der Waals surface area (Å²) in [6.07, 6.45) is 0.387. The third-order valence-corrected chi connectivity index (χ3v) is 5.65. The SMILES string of the molecule is O=C(NC1CC1)[C@@H]1C[C@@H]2CCN(CCc3ccccc3)C[C@H]2O1.O=C(O)C(F)(F)F. The van der Waals surface area contributed by atoms with Gasteiger partial charge in [0.2, 0.25) is 5.91 Å². The summed E-state index contributed by atoms with van der Waals surface area (Å²) in [5, 5.41) is 10.2. The van der Waals surface area contributed by atoms with E-state index in [4.69, 9.17) is 14.6 Å². The number of hydrogen-bond acceptors (Lipinski definition) is 4. The van der Waals surface area contributed by atoms with Crippen molar-refractivity contribution in [2.75, 3.05) is 19.6 Å². The molecule has 4 rings (SSSR count). The molecule has 2 heterocycles. The van der Waals surface area contributed by atoms with Crippen LogP contribution < -0.4 is 5.32 Å². The van der Waals surface area contributed by atoms with E-state index in [0.29, 0.717) is 12.0 Å². The first-order chi connectivity index (χ1) is 14.2. The van der Waals surface area contributed by atoms with Gasteiger partial charge >= 0.3 is 12.1 Å². The number of halogens is 3. The van der Waals surface area contributed by atoms with Crippen LogP contribution >= 0.6 is 0 Å². The molecule has 1 saturated carbocycles. The van der Waals surface area contributed by atoms with Crippen LogP contribution in [0, 0.1) is 5.92 Å². The molecule has 30 heavy (non-hydrogen) atoms. The Balaban J connectivity index is 0.000000318. The quantitative estimate of drug-likeness (QED) is 0.754. The monoisotopic (exact) mass is 428 g/mol. The van der Waals surface area contributed by atoms with Gasteiger partial charge in [0.15, 0.2) is 0 Å². The topological polar surface area (TPSA) is 78.9 Å². The molecule has 166 valence electrons. The lowest BCUT2D eigenvalue weighted by molar-refractivity contribution is -0.192. The number of amides is 1. The lowest BCUT2D eigenvalue weighted by atomic mass is 9.91. The van der Waals surface area contributed by atoms with Crippen molar-refractivity contribution in [2.45, 2.75) is 56.5 Å². The van der Waals surface area contributed by atoms with Gasteiger partial charge in [-0.1, -0.05) is 30.3 Å². The third kappa shape index (κ3) is 6.70. The Hall–Kier alpha value is -2.13. The highest BCUT2D eigenvalue weighted by atomic mass is 19.4. The zero-order chi connectivity index (χ0) is 21.7. The van der Waals surface area contributed by atoms with Gasteiger partial charge in [-0.2, -0.15) is 13.2 Å². The molecule has 1 aromatic carbocycles. The molecular weight excluding hydrogens is 401 g/mol. The number of ether oxygens (including phenoxy) is 1. The Morgan fingerprint density at radius 2 is 1.83 bits per heavy atom. The van der Waals surface area contributed by atoms with Crippen molar-refractivity contribution in [3.8, 4) is 0 Å². The first-order valence-corrected chi connectivity index (χ1v) is 10.2. The molecule has 3 atom stereocenters. The highest BCUT2D eigenvalue weighted by Crippen LogP contribution is 2.34. The van der Waals surface area contributed by atoms with Gasteiger partial charge in [-0.25, -0.2) is 4.79 Å². The van der Waals surface area contributed by atoms with Crippen LogP contribution in [0.4, 0.5) is 13.2 Å². The van der Waals surface area contributed by atoms with Crippen LogP contribution in [0.15, 0.2) is 30.3 Å². The van der Waals surface area contributed by atoms with Crippen molar-refractivity contribution >= 4 is 11.9 Å². The van der Waals surface area contributed by atoms with Gasteiger partial charge in [0.25, 0.3) is 0 Å². The Labute approximate surface area is 173 Å². The molecule has 0 aromatic heterocycles. The van der Waals surface area contributed by atoms with Crippen molar-refractivity contribution < 1.29 is 32.6 Å². The number of carboxylic acid groups (broad SMARTS) is 1. The van der Waals surface area contributed by atoms with Crippen molar-refractivity contribution in [3.05, 3.63) is 35.9 Å². The number of carbonyl (C=O) groups excluding carboxylic acids is 1. The van der Waals surface area contributed by atoms with Crippen LogP contribution in [0.25, 0.3) is 0 Å². The molecule has 1 aromatic rings. The van der Waals surface area contributed by atoms with Crippen molar-refractivity contribution in [2.24, 2.45) is 5.92 Å². The molecule has 1 aliphatic carbocycles. The summed E-state index contributed by atoms with van der Waals surface area (Å²) < 4.78 is 37.8. The number of hydrogen-bond donors (Lipinski definition) is 2. The molecule has 0 radical (unpaired) electrons. The van der Waals surface area contributed by atoms with Gasteiger partial charge in [0.1, 0.15) is 6.10 Å². The standard InChI is InChI=1S/C19H26N2O2.C2HF3O2/c22-19(20-16-6-7-16)17-12-15-9-11-21(13-18(15)23-17)10-8-14-4-2-1-3-5-14;3-2(4,5)1(6)7/h1-5,15-18H,6-13H2,(H,20,22);(H,6,7)/t15-,17-,18+;/m0./s1. The van der Waals surface area contributed by atoms with Crippen LogP contribution in [0.5, 0.6) is 0 Å². The summed E-state index contributed by atoms with van der Waals surface area (Å²) in [5.74, 6) is -2.07. The molecule has 0 unspecified atom stereocenters. The fourth-order valence-electron chi connectivity index (χ4n) is 3.82. The second kappa shape index (κ2) is 9.78. The summed E-state index contributed by atoms with van der Waals surface area (Å²) in [6, 6.07) is 11.1. The smallest absolute Gasteiger partial charge is 0.475 e. The van der Waals surface area contributed by atoms with Gasteiger partial charge in [0.05, 0.1) is 6.10 Å². The zero-order valence-corrected chi connectivity index (χ0v) is 16.6. The fraction of sp³-hybridized carbons (Fsp3) is 0.619. The summed E-state index contributed by atoms with van der Waals surface area (Å²) in [6.45, 7) is 3.19. The van der Waals surface area contributed by atoms with E-state index >= 15 is 0 Å². The Bertz CT molecular complexity index is 725. The van der Waals surface area contributed by atoms with Gasteiger partial charge < -0.3 is 20.1 Å². The fourth-order valence-corrected chi connectivity index (χ4v) is 3.82. The normalized spacial score (nSPS) is 26.3. The molecule has 2 aliphatic heterocycles. The van der Waals surface area contributed by atoms with E-state index in [-0.39, 0.29) is 18.1 Å². The van der Waals surface area contributed by atoms with Crippen molar-refractivity contribution in [1.82, 2.24) is 10.2 Å². The maximum atomic E-state index is 12.2. The Morgan fingerprint density at radius 1 is 1.17 bits per heavy atom. The van der Waals surface area contributed by atoms with Gasteiger partial charge in [0, 0.05) is 19.1 Å². The predicted octanol–water partition coefficient (Wildman–Crippen LogP) is 2.62. The first kappa shape index (κ1) is 22.6. The second-order valence-electron chi connectivity index (χ2n) is 8.07. The first-order valence-electron chi connectivity index (χ1n) is 10.2. The number of carbonyl (C=O) groups is 2. The highest BCUT2D eigenvalue weighted by Gasteiger charge is 2.42. The molecule has 2 saturated heterocycles. The highest BCUT2D eigenvalue weighted by molar-refractivity contribution is 5.81.